The molecule has 1 aliphatic rings. The summed E-state index contributed by atoms with van der Waals surface area (Å²) < 4.78 is 25.9. The summed E-state index contributed by atoms with van der Waals surface area (Å²) in [5.74, 6) is -1.16. The first-order chi connectivity index (χ1) is 10.3. The molecule has 1 aliphatic carbocycles. The molecule has 1 heterocycles. The number of amides is 1. The van der Waals surface area contributed by atoms with Gasteiger partial charge in [-0.2, -0.15) is 8.42 Å². The first kappa shape index (κ1) is 16.8. The molecule has 1 amide bonds. The largest absolute Gasteiger partial charge is 0.390 e. The lowest BCUT2D eigenvalue weighted by Gasteiger charge is -2.17. The van der Waals surface area contributed by atoms with Crippen LogP contribution in [0.3, 0.4) is 0 Å². The molecule has 2 rings (SSSR count). The molecule has 5 N–H and O–H groups in total. The van der Waals surface area contributed by atoms with E-state index in [4.69, 9.17) is 5.14 Å². The molecule has 1 aromatic heterocycles. The van der Waals surface area contributed by atoms with E-state index in [1.165, 1.54) is 12.3 Å². The van der Waals surface area contributed by atoms with Crippen LogP contribution in [0.2, 0.25) is 0 Å². The van der Waals surface area contributed by atoms with Gasteiger partial charge in [-0.3, -0.25) is 14.0 Å². The lowest BCUT2D eigenvalue weighted by molar-refractivity contribution is 0.00305. The van der Waals surface area contributed by atoms with Crippen molar-refractivity contribution in [2.24, 2.45) is 11.1 Å². The summed E-state index contributed by atoms with van der Waals surface area (Å²) in [5.41, 5.74) is 0.174. The van der Waals surface area contributed by atoms with Gasteiger partial charge in [0.15, 0.2) is 0 Å². The van der Waals surface area contributed by atoms with E-state index < -0.39 is 40.4 Å². The Morgan fingerprint density at radius 3 is 2.73 bits per heavy atom. The number of pyridine rings is 1. The highest BCUT2D eigenvalue weighted by atomic mass is 32.2. The fourth-order valence-electron chi connectivity index (χ4n) is 2.35. The van der Waals surface area contributed by atoms with Gasteiger partial charge in [-0.25, -0.2) is 5.14 Å². The predicted molar refractivity (Wildman–Crippen MR) is 74.7 cm³/mol. The van der Waals surface area contributed by atoms with Crippen molar-refractivity contribution in [3.8, 4) is 0 Å². The number of nitrogens with one attached hydrogen (secondary N) is 1. The van der Waals surface area contributed by atoms with Crippen LogP contribution in [0.4, 0.5) is 0 Å². The zero-order valence-electron chi connectivity index (χ0n) is 11.5. The Bertz CT molecular complexity index is 623. The summed E-state index contributed by atoms with van der Waals surface area (Å²) in [6.45, 7) is -0.368. The topological polar surface area (TPSA) is 152 Å². The highest BCUT2D eigenvalue weighted by Crippen LogP contribution is 2.27. The van der Waals surface area contributed by atoms with Gasteiger partial charge in [0.05, 0.1) is 18.8 Å². The number of carbonyl (C=O) groups excluding carboxylic acids is 1. The summed E-state index contributed by atoms with van der Waals surface area (Å²) in [7, 11) is -4.13. The van der Waals surface area contributed by atoms with Crippen LogP contribution in [0.5, 0.6) is 0 Å². The monoisotopic (exact) mass is 331 g/mol. The highest BCUT2D eigenvalue weighted by Gasteiger charge is 2.42. The fourth-order valence-corrected chi connectivity index (χ4v) is 2.72. The molecule has 0 radical (unpaired) electrons. The van der Waals surface area contributed by atoms with Gasteiger partial charge in [-0.15, -0.1) is 0 Å². The molecule has 1 fully saturated rings. The fraction of sp³-hybridized carbons (Fsp3) is 0.500. The van der Waals surface area contributed by atoms with Crippen molar-refractivity contribution < 1.29 is 27.6 Å². The zero-order chi connectivity index (χ0) is 16.3. The number of nitrogens with two attached hydrogens (primary N) is 1. The molecule has 0 unspecified atom stereocenters. The Labute approximate surface area is 127 Å². The van der Waals surface area contributed by atoms with Crippen molar-refractivity contribution in [3.05, 3.63) is 30.1 Å². The molecule has 0 aliphatic heterocycles. The summed E-state index contributed by atoms with van der Waals surface area (Å²) in [6, 6.07) is 4.07. The predicted octanol–water partition coefficient (Wildman–Crippen LogP) is -1.86. The summed E-state index contributed by atoms with van der Waals surface area (Å²) in [5, 5.41) is 27.1. The summed E-state index contributed by atoms with van der Waals surface area (Å²) in [4.78, 5) is 15.8. The van der Waals surface area contributed by atoms with Crippen LogP contribution >= 0.6 is 0 Å². The van der Waals surface area contributed by atoms with Crippen LogP contribution in [0.25, 0.3) is 0 Å². The van der Waals surface area contributed by atoms with E-state index in [1.54, 1.807) is 12.1 Å². The Hall–Kier alpha value is -1.59. The third-order valence-corrected chi connectivity index (χ3v) is 3.93. The number of aromatic nitrogens is 1. The maximum Gasteiger partial charge on any atom is 0.333 e. The van der Waals surface area contributed by atoms with Gasteiger partial charge in [0.25, 0.3) is 5.91 Å². The second-order valence-electron chi connectivity index (χ2n) is 5.05. The maximum atomic E-state index is 12.0. The molecule has 22 heavy (non-hydrogen) atoms. The number of nitrogens with zero attached hydrogens (tertiary/aromatic N) is 1. The third kappa shape index (κ3) is 4.21. The van der Waals surface area contributed by atoms with Crippen LogP contribution in [-0.2, 0) is 14.5 Å². The van der Waals surface area contributed by atoms with Crippen LogP contribution in [-0.4, -0.2) is 54.4 Å². The molecule has 10 heteroatoms. The molecule has 4 atom stereocenters. The molecular formula is C12H17N3O6S. The normalized spacial score (nSPS) is 28.5. The number of aliphatic hydroxyl groups is 2. The van der Waals surface area contributed by atoms with E-state index in [-0.39, 0.29) is 18.7 Å². The van der Waals surface area contributed by atoms with Gasteiger partial charge in [-0.1, -0.05) is 6.07 Å². The van der Waals surface area contributed by atoms with Crippen LogP contribution in [0.15, 0.2) is 24.4 Å². The first-order valence-corrected chi connectivity index (χ1v) is 8.00. The van der Waals surface area contributed by atoms with E-state index in [1.807, 2.05) is 0 Å². The van der Waals surface area contributed by atoms with Crippen molar-refractivity contribution >= 4 is 16.2 Å². The Morgan fingerprint density at radius 1 is 1.41 bits per heavy atom. The SMILES string of the molecule is NS(=O)(=O)OC[C@H]1C[C@@H](NC(=O)c2ccccn2)[C@H](O)[C@@H]1O. The quantitative estimate of drug-likeness (QED) is 0.494. The molecule has 0 spiro atoms. The van der Waals surface area contributed by atoms with Crippen molar-refractivity contribution in [3.63, 3.8) is 0 Å². The average molecular weight is 331 g/mol. The number of hydrogen-bond donors (Lipinski definition) is 4. The molecule has 0 bridgehead atoms. The highest BCUT2D eigenvalue weighted by molar-refractivity contribution is 7.84. The van der Waals surface area contributed by atoms with Gasteiger partial charge in [0.2, 0.25) is 0 Å². The molecule has 0 aromatic carbocycles. The number of carbonyl (C=O) groups is 1. The third-order valence-electron chi connectivity index (χ3n) is 3.46. The summed E-state index contributed by atoms with van der Waals surface area (Å²) >= 11 is 0. The standard InChI is InChI=1S/C12H17N3O6S/c13-22(19,20)21-6-7-5-9(11(17)10(7)16)15-12(18)8-3-1-2-4-14-8/h1-4,7,9-11,16-17H,5-6H2,(H,15,18)(H2,13,19,20)/t7-,9-,10-,11+/m1/s1. The van der Waals surface area contributed by atoms with E-state index in [9.17, 15) is 23.4 Å². The van der Waals surface area contributed by atoms with Crippen molar-refractivity contribution in [1.29, 1.82) is 0 Å². The van der Waals surface area contributed by atoms with Crippen LogP contribution < -0.4 is 10.5 Å². The molecule has 9 nitrogen and oxygen atoms in total. The van der Waals surface area contributed by atoms with Gasteiger partial charge in [0, 0.05) is 12.1 Å². The van der Waals surface area contributed by atoms with E-state index >= 15 is 0 Å². The molecule has 0 saturated heterocycles. The molecule has 1 aromatic rings. The number of hydrogen-bond acceptors (Lipinski definition) is 7. The minimum absolute atomic E-state index is 0.149. The van der Waals surface area contributed by atoms with E-state index in [0.717, 1.165) is 0 Å². The Kier molecular flexibility index (Phi) is 5.08. The van der Waals surface area contributed by atoms with Crippen LogP contribution in [0.1, 0.15) is 16.9 Å². The first-order valence-electron chi connectivity index (χ1n) is 6.53. The maximum absolute atomic E-state index is 12.0. The van der Waals surface area contributed by atoms with Gasteiger partial charge >= 0.3 is 10.3 Å². The van der Waals surface area contributed by atoms with Gasteiger partial charge < -0.3 is 15.5 Å². The van der Waals surface area contributed by atoms with Crippen molar-refractivity contribution in [2.45, 2.75) is 24.7 Å². The second-order valence-corrected chi connectivity index (χ2v) is 6.27. The van der Waals surface area contributed by atoms with Crippen molar-refractivity contribution in [1.82, 2.24) is 10.3 Å². The summed E-state index contributed by atoms with van der Waals surface area (Å²) in [6.07, 6.45) is -0.855. The molecular weight excluding hydrogens is 314 g/mol. The average Bonchev–Trinajstić information content (AvgIpc) is 2.73. The van der Waals surface area contributed by atoms with Gasteiger partial charge in [0.1, 0.15) is 11.8 Å². The Morgan fingerprint density at radius 2 is 2.14 bits per heavy atom. The van der Waals surface area contributed by atoms with Gasteiger partial charge in [-0.05, 0) is 18.6 Å². The molecule has 122 valence electrons. The second kappa shape index (κ2) is 6.67. The van der Waals surface area contributed by atoms with E-state index in [2.05, 4.69) is 14.5 Å². The van der Waals surface area contributed by atoms with Crippen LogP contribution in [0, 0.1) is 5.92 Å². The smallest absolute Gasteiger partial charge is 0.333 e. The lowest BCUT2D eigenvalue weighted by Crippen LogP contribution is -2.43. The Balaban J connectivity index is 1.96. The lowest BCUT2D eigenvalue weighted by atomic mass is 10.1. The number of aliphatic hydroxyl groups excluding tert-OH is 2. The number of rotatable bonds is 5. The minimum Gasteiger partial charge on any atom is -0.390 e. The van der Waals surface area contributed by atoms with E-state index in [0.29, 0.717) is 0 Å². The van der Waals surface area contributed by atoms with Crippen molar-refractivity contribution in [2.75, 3.05) is 6.61 Å². The minimum atomic E-state index is -4.13. The zero-order valence-corrected chi connectivity index (χ0v) is 12.3. The molecule has 1 saturated carbocycles.